The summed E-state index contributed by atoms with van der Waals surface area (Å²) in [5.41, 5.74) is -0.129. The second-order valence-corrected chi connectivity index (χ2v) is 15.4. The third-order valence-corrected chi connectivity index (χ3v) is 7.24. The molecule has 15 nitrogen and oxygen atoms in total. The van der Waals surface area contributed by atoms with E-state index in [1.165, 1.54) is 12.1 Å². The largest absolute Gasteiger partial charge is 0.490 e. The number of benzene rings is 2. The number of imidazole rings is 1. The van der Waals surface area contributed by atoms with Crippen molar-refractivity contribution in [1.82, 2.24) is 19.5 Å². The van der Waals surface area contributed by atoms with Crippen molar-refractivity contribution in [3.05, 3.63) is 71.5 Å². The maximum atomic E-state index is 13.2. The van der Waals surface area contributed by atoms with Gasteiger partial charge in [-0.15, -0.1) is 10.1 Å². The van der Waals surface area contributed by atoms with Gasteiger partial charge in [0.15, 0.2) is 0 Å². The number of hydroxylamine groups is 2. The minimum absolute atomic E-state index is 0.165. The molecule has 1 aromatic heterocycles. The maximum absolute atomic E-state index is 13.2. The van der Waals surface area contributed by atoms with Crippen LogP contribution in [0, 0.1) is 0 Å². The number of amides is 4. The third kappa shape index (κ3) is 11.3. The lowest BCUT2D eigenvalue weighted by molar-refractivity contribution is -0.193. The summed E-state index contributed by atoms with van der Waals surface area (Å²) < 4.78 is 25.7. The van der Waals surface area contributed by atoms with Crippen LogP contribution in [-0.4, -0.2) is 80.2 Å². The Kier molecular flexibility index (Phi) is 12.2. The summed E-state index contributed by atoms with van der Waals surface area (Å²) in [6, 6.07) is 13.2. The molecule has 0 radical (unpaired) electrons. The molecule has 15 heteroatoms. The van der Waals surface area contributed by atoms with E-state index < -0.39 is 52.9 Å². The van der Waals surface area contributed by atoms with Gasteiger partial charge < -0.3 is 33.4 Å². The molecule has 0 fully saturated rings. The maximum Gasteiger partial charge on any atom is 0.437 e. The quantitative estimate of drug-likeness (QED) is 0.114. The second kappa shape index (κ2) is 16.1. The number of aromatic nitrogens is 2. The van der Waals surface area contributed by atoms with Crippen molar-refractivity contribution in [2.45, 2.75) is 98.2 Å². The van der Waals surface area contributed by atoms with Crippen molar-refractivity contribution >= 4 is 30.0 Å². The average Bonchev–Trinajstić information content (AvgIpc) is 3.46. The van der Waals surface area contributed by atoms with Crippen LogP contribution in [0.4, 0.5) is 9.59 Å². The molecule has 0 aliphatic carbocycles. The number of hydrogen-bond acceptors (Lipinski definition) is 10. The number of fused-ring (bicyclic) bond motifs is 1. The zero-order valence-corrected chi connectivity index (χ0v) is 32.0. The van der Waals surface area contributed by atoms with Crippen LogP contribution in [0.25, 0.3) is 11.3 Å². The van der Waals surface area contributed by atoms with Crippen LogP contribution in [0.5, 0.6) is 5.75 Å². The van der Waals surface area contributed by atoms with Gasteiger partial charge in [-0.1, -0.05) is 12.1 Å². The van der Waals surface area contributed by atoms with Crippen molar-refractivity contribution in [3.8, 4) is 17.0 Å². The summed E-state index contributed by atoms with van der Waals surface area (Å²) in [7, 11) is 1.76. The van der Waals surface area contributed by atoms with Gasteiger partial charge in [0.25, 0.3) is 11.8 Å². The van der Waals surface area contributed by atoms with E-state index in [4.69, 9.17) is 23.8 Å². The van der Waals surface area contributed by atoms with Crippen LogP contribution in [0.2, 0.25) is 0 Å². The Balaban J connectivity index is 1.52. The Morgan fingerprint density at radius 3 is 1.91 bits per heavy atom. The van der Waals surface area contributed by atoms with E-state index >= 15 is 0 Å². The molecule has 4 amide bonds. The molecule has 0 saturated carbocycles. The first-order chi connectivity index (χ1) is 24.6. The number of hydrogen-bond donors (Lipinski definition) is 1. The molecule has 53 heavy (non-hydrogen) atoms. The van der Waals surface area contributed by atoms with Crippen molar-refractivity contribution in [2.75, 3.05) is 13.2 Å². The van der Waals surface area contributed by atoms with Crippen LogP contribution >= 0.6 is 0 Å². The highest BCUT2D eigenvalue weighted by atomic mass is 16.7. The second-order valence-electron chi connectivity index (χ2n) is 15.4. The van der Waals surface area contributed by atoms with Crippen molar-refractivity contribution in [1.29, 1.82) is 0 Å². The number of imide groups is 1. The molecular weight excluding hydrogens is 686 g/mol. The van der Waals surface area contributed by atoms with Gasteiger partial charge >= 0.3 is 18.2 Å². The lowest BCUT2D eigenvalue weighted by Crippen LogP contribution is -2.43. The fraction of sp³-hybridized carbons (Fsp3) is 0.474. The van der Waals surface area contributed by atoms with Crippen molar-refractivity contribution < 1.29 is 47.8 Å². The van der Waals surface area contributed by atoms with Crippen molar-refractivity contribution in [3.63, 3.8) is 0 Å². The zero-order chi connectivity index (χ0) is 39.3. The molecule has 0 spiro atoms. The fourth-order valence-electron chi connectivity index (χ4n) is 5.08. The van der Waals surface area contributed by atoms with Crippen LogP contribution in [-0.2, 0) is 37.4 Å². The highest BCUT2D eigenvalue weighted by molar-refractivity contribution is 6.20. The van der Waals surface area contributed by atoms with E-state index in [0.717, 1.165) is 5.56 Å². The molecule has 286 valence electrons. The van der Waals surface area contributed by atoms with Crippen molar-refractivity contribution in [2.24, 2.45) is 12.0 Å². The first kappa shape index (κ1) is 40.3. The minimum atomic E-state index is -1.45. The number of esters is 1. The molecule has 1 aliphatic heterocycles. The Morgan fingerprint density at radius 2 is 1.36 bits per heavy atom. The Bertz CT molecular complexity index is 1870. The summed E-state index contributed by atoms with van der Waals surface area (Å²) >= 11 is 0. The Morgan fingerprint density at radius 1 is 0.792 bits per heavy atom. The minimum Gasteiger partial charge on any atom is -0.490 e. The molecule has 0 bridgehead atoms. The van der Waals surface area contributed by atoms with Gasteiger partial charge in [-0.25, -0.2) is 19.2 Å². The summed E-state index contributed by atoms with van der Waals surface area (Å²) in [6.07, 6.45) is -0.383. The zero-order valence-electron chi connectivity index (χ0n) is 32.0. The summed E-state index contributed by atoms with van der Waals surface area (Å²) in [5, 5.41) is 3.29. The smallest absolute Gasteiger partial charge is 0.437 e. The van der Waals surface area contributed by atoms with E-state index in [1.807, 2.05) is 6.20 Å². The highest BCUT2D eigenvalue weighted by Gasteiger charge is 2.40. The third-order valence-electron chi connectivity index (χ3n) is 7.24. The molecule has 1 unspecified atom stereocenters. The lowest BCUT2D eigenvalue weighted by Gasteiger charge is -2.26. The van der Waals surface area contributed by atoms with Gasteiger partial charge in [-0.3, -0.25) is 9.59 Å². The van der Waals surface area contributed by atoms with Crippen LogP contribution in [0.3, 0.4) is 0 Å². The standard InChI is InChI=1S/C38H49N5O10/c1-36(2,3)50-32(46)29(53-43-30(44)26-14-11-12-15-27(26)31(43)45)23-49-25-18-16-24(17-19-25)28-22-42(21-13-20-39-34(47)51-37(4,5)6)33(41(28)10)40-35(48)52-38(7,8)9/h11-12,14-19,22,29H,13,20-21,23H2,1-10H3,(H,39,47). The summed E-state index contributed by atoms with van der Waals surface area (Å²) in [6.45, 7) is 16.0. The Hall–Kier alpha value is -5.44. The topological polar surface area (TPSA) is 169 Å². The number of nitrogens with one attached hydrogen (secondary N) is 1. The van der Waals surface area contributed by atoms with Gasteiger partial charge in [0.2, 0.25) is 11.7 Å². The van der Waals surface area contributed by atoms with Gasteiger partial charge in [-0.2, -0.15) is 0 Å². The normalized spacial score (nSPS) is 14.2. The van der Waals surface area contributed by atoms with E-state index in [0.29, 0.717) is 41.6 Å². The molecule has 2 aromatic carbocycles. The molecule has 4 rings (SSSR count). The van der Waals surface area contributed by atoms with E-state index in [-0.39, 0.29) is 17.7 Å². The predicted molar refractivity (Wildman–Crippen MR) is 193 cm³/mol. The van der Waals surface area contributed by atoms with E-state index in [1.54, 1.807) is 115 Å². The number of aryl methyl sites for hydroxylation is 1. The molecule has 1 atom stereocenters. The molecule has 1 N–H and O–H groups in total. The molecule has 0 saturated heterocycles. The van der Waals surface area contributed by atoms with Gasteiger partial charge in [0.05, 0.1) is 16.8 Å². The highest BCUT2D eigenvalue weighted by Crippen LogP contribution is 2.26. The van der Waals surface area contributed by atoms with E-state index in [2.05, 4.69) is 10.3 Å². The average molecular weight is 736 g/mol. The number of rotatable bonds is 11. The fourth-order valence-corrected chi connectivity index (χ4v) is 5.08. The monoisotopic (exact) mass is 735 g/mol. The number of carbonyl (C=O) groups is 5. The first-order valence-electron chi connectivity index (χ1n) is 17.2. The molecule has 1 aliphatic rings. The lowest BCUT2D eigenvalue weighted by atomic mass is 10.1. The van der Waals surface area contributed by atoms with Gasteiger partial charge in [-0.05, 0) is 111 Å². The number of alkyl carbamates (subject to hydrolysis) is 1. The van der Waals surface area contributed by atoms with Gasteiger partial charge in [0.1, 0.15) is 29.2 Å². The van der Waals surface area contributed by atoms with E-state index in [9.17, 15) is 24.0 Å². The number of nitrogens with zero attached hydrogens (tertiary/aromatic N) is 4. The van der Waals surface area contributed by atoms with Gasteiger partial charge in [0, 0.05) is 26.3 Å². The summed E-state index contributed by atoms with van der Waals surface area (Å²) in [5.74, 6) is -1.84. The number of carbonyl (C=O) groups excluding carboxylic acids is 5. The molecule has 3 aromatic rings. The Labute approximate surface area is 308 Å². The SMILES string of the molecule is Cn1c(-c2ccc(OCC(ON3C(=O)c4ccccc4C3=O)C(=O)OC(C)(C)C)cc2)cn(CCCNC(=O)OC(C)(C)C)c1=NC(=O)OC(C)(C)C. The van der Waals surface area contributed by atoms with Crippen LogP contribution in [0.1, 0.15) is 89.5 Å². The van der Waals surface area contributed by atoms with Crippen LogP contribution in [0.15, 0.2) is 59.7 Å². The predicted octanol–water partition coefficient (Wildman–Crippen LogP) is 5.56. The first-order valence-corrected chi connectivity index (χ1v) is 17.2. The summed E-state index contributed by atoms with van der Waals surface area (Å²) in [4.78, 5) is 73.8. The number of ether oxygens (including phenoxy) is 4. The molecular formula is C38H49N5O10. The van der Waals surface area contributed by atoms with Crippen LogP contribution < -0.4 is 15.7 Å². The molecule has 2 heterocycles.